The first kappa shape index (κ1) is 16.4. The fourth-order valence-electron chi connectivity index (χ4n) is 1.98. The largest absolute Gasteiger partial charge is 0.373 e. The van der Waals surface area contributed by atoms with Gasteiger partial charge in [-0.05, 0) is 19.9 Å². The zero-order valence-electron chi connectivity index (χ0n) is 10.8. The van der Waals surface area contributed by atoms with E-state index in [1.807, 2.05) is 13.8 Å². The van der Waals surface area contributed by atoms with Gasteiger partial charge in [0.25, 0.3) is 0 Å². The molecule has 1 aliphatic rings. The summed E-state index contributed by atoms with van der Waals surface area (Å²) < 4.78 is 19.2. The van der Waals surface area contributed by atoms with Gasteiger partial charge in [-0.1, -0.05) is 11.6 Å². The Bertz CT molecular complexity index is 422. The summed E-state index contributed by atoms with van der Waals surface area (Å²) in [6.07, 6.45) is 1.71. The second-order valence-electron chi connectivity index (χ2n) is 4.53. The van der Waals surface area contributed by atoms with Crippen LogP contribution >= 0.6 is 24.0 Å². The van der Waals surface area contributed by atoms with E-state index in [0.717, 1.165) is 6.54 Å². The fourth-order valence-corrected chi connectivity index (χ4v) is 2.13. The molecule has 0 saturated carbocycles. The Morgan fingerprint density at radius 3 is 2.95 bits per heavy atom. The van der Waals surface area contributed by atoms with Crippen molar-refractivity contribution < 1.29 is 9.13 Å². The molecule has 4 nitrogen and oxygen atoms in total. The van der Waals surface area contributed by atoms with E-state index in [1.54, 1.807) is 0 Å². The van der Waals surface area contributed by atoms with Crippen molar-refractivity contribution in [2.24, 2.45) is 0 Å². The Kier molecular flexibility index (Phi) is 6.26. The summed E-state index contributed by atoms with van der Waals surface area (Å²) >= 11 is 5.64. The third kappa shape index (κ3) is 4.45. The normalized spacial score (nSPS) is 26.6. The lowest BCUT2D eigenvalue weighted by Gasteiger charge is -2.34. The number of pyridine rings is 1. The third-order valence-electron chi connectivity index (χ3n) is 2.98. The highest BCUT2D eigenvalue weighted by molar-refractivity contribution is 6.30. The third-order valence-corrected chi connectivity index (χ3v) is 3.19. The number of halogens is 3. The predicted octanol–water partition coefficient (Wildman–Crippen LogP) is 2.47. The van der Waals surface area contributed by atoms with E-state index in [4.69, 9.17) is 16.3 Å². The number of aromatic nitrogens is 1. The summed E-state index contributed by atoms with van der Waals surface area (Å²) in [5, 5.41) is 6.61. The number of rotatable bonds is 3. The smallest absolute Gasteiger partial charge is 0.166 e. The molecular formula is C12H18Cl2FN3O. The van der Waals surface area contributed by atoms with Crippen LogP contribution in [0.3, 0.4) is 0 Å². The molecule has 108 valence electrons. The molecule has 1 aliphatic heterocycles. The minimum atomic E-state index is -0.444. The Morgan fingerprint density at radius 1 is 1.58 bits per heavy atom. The van der Waals surface area contributed by atoms with E-state index >= 15 is 0 Å². The van der Waals surface area contributed by atoms with Crippen LogP contribution in [0.2, 0.25) is 5.02 Å². The van der Waals surface area contributed by atoms with Crippen molar-refractivity contribution >= 4 is 29.8 Å². The number of anilines is 1. The van der Waals surface area contributed by atoms with Gasteiger partial charge in [-0.3, -0.25) is 0 Å². The topological polar surface area (TPSA) is 46.2 Å². The first-order valence-electron chi connectivity index (χ1n) is 6.00. The SMILES string of the molecule is C[C@@H]1CN[C@H](CNc2ncc(Cl)cc2F)[C@H](C)O1.Cl. The summed E-state index contributed by atoms with van der Waals surface area (Å²) in [6, 6.07) is 1.38. The minimum absolute atomic E-state index is 0. The quantitative estimate of drug-likeness (QED) is 0.900. The van der Waals surface area contributed by atoms with E-state index in [-0.39, 0.29) is 36.5 Å². The van der Waals surface area contributed by atoms with E-state index in [1.165, 1.54) is 12.3 Å². The van der Waals surface area contributed by atoms with Gasteiger partial charge in [0.1, 0.15) is 0 Å². The van der Waals surface area contributed by atoms with Crippen LogP contribution in [-0.2, 0) is 4.74 Å². The maximum atomic E-state index is 13.5. The van der Waals surface area contributed by atoms with Gasteiger partial charge >= 0.3 is 0 Å². The highest BCUT2D eigenvalue weighted by atomic mass is 35.5. The van der Waals surface area contributed by atoms with Gasteiger partial charge in [0.2, 0.25) is 0 Å². The molecule has 0 aromatic carbocycles. The fraction of sp³-hybridized carbons (Fsp3) is 0.583. The molecule has 2 N–H and O–H groups in total. The zero-order valence-corrected chi connectivity index (χ0v) is 12.4. The van der Waals surface area contributed by atoms with E-state index in [9.17, 15) is 4.39 Å². The molecule has 0 amide bonds. The van der Waals surface area contributed by atoms with Crippen molar-refractivity contribution in [1.82, 2.24) is 10.3 Å². The Balaban J connectivity index is 0.00000180. The van der Waals surface area contributed by atoms with Gasteiger partial charge in [-0.2, -0.15) is 0 Å². The zero-order chi connectivity index (χ0) is 13.1. The summed E-state index contributed by atoms with van der Waals surface area (Å²) in [5.41, 5.74) is 0. The average molecular weight is 310 g/mol. The van der Waals surface area contributed by atoms with E-state index < -0.39 is 5.82 Å². The molecule has 1 aromatic rings. The summed E-state index contributed by atoms with van der Waals surface area (Å²) in [7, 11) is 0. The maximum absolute atomic E-state index is 13.5. The van der Waals surface area contributed by atoms with Crippen molar-refractivity contribution in [3.05, 3.63) is 23.1 Å². The lowest BCUT2D eigenvalue weighted by atomic mass is 10.1. The molecule has 3 atom stereocenters. The van der Waals surface area contributed by atoms with Crippen molar-refractivity contribution in [2.75, 3.05) is 18.4 Å². The molecule has 7 heteroatoms. The molecule has 0 radical (unpaired) electrons. The molecule has 0 aliphatic carbocycles. The summed E-state index contributed by atoms with van der Waals surface area (Å²) in [5.74, 6) is -0.229. The average Bonchev–Trinajstić information content (AvgIpc) is 2.30. The molecule has 0 unspecified atom stereocenters. The Hall–Kier alpha value is -0.620. The second-order valence-corrected chi connectivity index (χ2v) is 4.97. The highest BCUT2D eigenvalue weighted by Gasteiger charge is 2.25. The van der Waals surface area contributed by atoms with Crippen molar-refractivity contribution in [3.63, 3.8) is 0 Å². The minimum Gasteiger partial charge on any atom is -0.373 e. The lowest BCUT2D eigenvalue weighted by Crippen LogP contribution is -2.53. The van der Waals surface area contributed by atoms with Gasteiger partial charge in [0.05, 0.1) is 23.3 Å². The Labute approximate surface area is 123 Å². The van der Waals surface area contributed by atoms with Crippen LogP contribution in [0.4, 0.5) is 10.2 Å². The maximum Gasteiger partial charge on any atom is 0.166 e. The van der Waals surface area contributed by atoms with Crippen LogP contribution in [0.15, 0.2) is 12.3 Å². The van der Waals surface area contributed by atoms with Crippen molar-refractivity contribution in [1.29, 1.82) is 0 Å². The molecule has 0 spiro atoms. The van der Waals surface area contributed by atoms with Crippen molar-refractivity contribution in [3.8, 4) is 0 Å². The standard InChI is InChI=1S/C12H17ClFN3O.ClH/c1-7-4-15-11(8(2)18-7)6-17-12-10(14)3-9(13)5-16-12;/h3,5,7-8,11,15H,4,6H2,1-2H3,(H,16,17);1H/t7-,8+,11-;/m1./s1. The van der Waals surface area contributed by atoms with Crippen LogP contribution in [0.25, 0.3) is 0 Å². The van der Waals surface area contributed by atoms with Gasteiger partial charge < -0.3 is 15.4 Å². The lowest BCUT2D eigenvalue weighted by molar-refractivity contribution is -0.0407. The molecule has 2 rings (SSSR count). The number of nitrogens with one attached hydrogen (secondary N) is 2. The van der Waals surface area contributed by atoms with Gasteiger partial charge in [0, 0.05) is 19.3 Å². The van der Waals surface area contributed by atoms with Crippen LogP contribution in [0.5, 0.6) is 0 Å². The van der Waals surface area contributed by atoms with Gasteiger partial charge in [-0.25, -0.2) is 9.37 Å². The monoisotopic (exact) mass is 309 g/mol. The molecule has 1 fully saturated rings. The molecule has 19 heavy (non-hydrogen) atoms. The second kappa shape index (κ2) is 7.24. The number of hydrogen-bond donors (Lipinski definition) is 2. The molecule has 0 bridgehead atoms. The van der Waals surface area contributed by atoms with Crippen LogP contribution in [0, 0.1) is 5.82 Å². The molecular weight excluding hydrogens is 292 g/mol. The van der Waals surface area contributed by atoms with Crippen LogP contribution in [0.1, 0.15) is 13.8 Å². The van der Waals surface area contributed by atoms with E-state index in [2.05, 4.69) is 15.6 Å². The van der Waals surface area contributed by atoms with E-state index in [0.29, 0.717) is 11.6 Å². The van der Waals surface area contributed by atoms with Crippen LogP contribution < -0.4 is 10.6 Å². The van der Waals surface area contributed by atoms with Crippen LogP contribution in [-0.4, -0.2) is 36.3 Å². The van der Waals surface area contributed by atoms with Gasteiger partial charge in [-0.15, -0.1) is 12.4 Å². The van der Waals surface area contributed by atoms with Crippen molar-refractivity contribution in [2.45, 2.75) is 32.1 Å². The highest BCUT2D eigenvalue weighted by Crippen LogP contribution is 2.16. The number of morpholine rings is 1. The number of hydrogen-bond acceptors (Lipinski definition) is 4. The molecule has 1 saturated heterocycles. The first-order chi connectivity index (χ1) is 8.56. The number of ether oxygens (including phenoxy) is 1. The summed E-state index contributed by atoms with van der Waals surface area (Å²) in [4.78, 5) is 3.92. The predicted molar refractivity (Wildman–Crippen MR) is 76.7 cm³/mol. The van der Waals surface area contributed by atoms with Gasteiger partial charge in [0.15, 0.2) is 11.6 Å². The number of nitrogens with zero attached hydrogens (tertiary/aromatic N) is 1. The summed E-state index contributed by atoms with van der Waals surface area (Å²) in [6.45, 7) is 5.38. The Morgan fingerprint density at radius 2 is 2.32 bits per heavy atom. The molecule has 2 heterocycles. The molecule has 1 aromatic heterocycles. The first-order valence-corrected chi connectivity index (χ1v) is 6.38.